The zero-order valence-electron chi connectivity index (χ0n) is 6.05. The molecule has 0 spiro atoms. The molecule has 0 fully saturated rings. The summed E-state index contributed by atoms with van der Waals surface area (Å²) in [6.45, 7) is 0. The maximum Gasteiger partial charge on any atom is 0.296 e. The number of anilines is 1. The quantitative estimate of drug-likeness (QED) is 0.375. The third kappa shape index (κ3) is 1.80. The fourth-order valence-corrected chi connectivity index (χ4v) is 1.47. The molecule has 0 aliphatic carbocycles. The molecule has 70 valence electrons. The van der Waals surface area contributed by atoms with Crippen molar-refractivity contribution in [2.24, 2.45) is 0 Å². The molecular weight excluding hydrogens is 311 g/mol. The van der Waals surface area contributed by atoms with Crippen LogP contribution in [0.4, 0.5) is 15.8 Å². The van der Waals surface area contributed by atoms with E-state index in [1.807, 2.05) is 0 Å². The summed E-state index contributed by atoms with van der Waals surface area (Å²) in [6.07, 6.45) is 0. The van der Waals surface area contributed by atoms with Crippen molar-refractivity contribution in [2.75, 3.05) is 5.73 Å². The zero-order valence-corrected chi connectivity index (χ0v) is 9.22. The Morgan fingerprint density at radius 3 is 2.54 bits per heavy atom. The highest BCUT2D eigenvalue weighted by Gasteiger charge is 2.20. The van der Waals surface area contributed by atoms with E-state index in [1.165, 1.54) is 0 Å². The summed E-state index contributed by atoms with van der Waals surface area (Å²) in [4.78, 5) is 9.62. The van der Waals surface area contributed by atoms with E-state index in [0.29, 0.717) is 0 Å². The van der Waals surface area contributed by atoms with Crippen LogP contribution in [0.1, 0.15) is 0 Å². The van der Waals surface area contributed by atoms with Gasteiger partial charge in [0.15, 0.2) is 5.82 Å². The number of hydrogen-bond donors (Lipinski definition) is 1. The van der Waals surface area contributed by atoms with Crippen molar-refractivity contribution >= 4 is 43.2 Å². The number of nitrogens with two attached hydrogens (primary N) is 1. The predicted octanol–water partition coefficient (Wildman–Crippen LogP) is 2.84. The Hall–Kier alpha value is -0.690. The SMILES string of the molecule is Nc1c([N+](=O)[O-])cc(Br)c(Br)c1F. The van der Waals surface area contributed by atoms with Crippen LogP contribution in [-0.2, 0) is 0 Å². The van der Waals surface area contributed by atoms with Gasteiger partial charge in [0, 0.05) is 10.5 Å². The molecule has 0 saturated heterocycles. The third-order valence-electron chi connectivity index (χ3n) is 1.37. The van der Waals surface area contributed by atoms with Crippen molar-refractivity contribution in [3.8, 4) is 0 Å². The molecule has 0 heterocycles. The Morgan fingerprint density at radius 2 is 2.08 bits per heavy atom. The normalized spacial score (nSPS) is 10.1. The van der Waals surface area contributed by atoms with E-state index in [0.717, 1.165) is 6.07 Å². The number of halogens is 3. The molecule has 2 N–H and O–H groups in total. The fourth-order valence-electron chi connectivity index (χ4n) is 0.748. The maximum absolute atomic E-state index is 13.1. The Labute approximate surface area is 89.3 Å². The second-order valence-corrected chi connectivity index (χ2v) is 3.82. The van der Waals surface area contributed by atoms with Crippen molar-refractivity contribution in [1.29, 1.82) is 0 Å². The third-order valence-corrected chi connectivity index (χ3v) is 3.31. The highest BCUT2D eigenvalue weighted by atomic mass is 79.9. The topological polar surface area (TPSA) is 69.2 Å². The van der Waals surface area contributed by atoms with Crippen molar-refractivity contribution < 1.29 is 9.31 Å². The minimum atomic E-state index is -0.832. The van der Waals surface area contributed by atoms with E-state index in [4.69, 9.17) is 5.73 Å². The van der Waals surface area contributed by atoms with Crippen LogP contribution < -0.4 is 5.73 Å². The van der Waals surface area contributed by atoms with Crippen LogP contribution in [0.5, 0.6) is 0 Å². The Kier molecular flexibility index (Phi) is 2.87. The molecule has 1 rings (SSSR count). The van der Waals surface area contributed by atoms with Crippen LogP contribution in [0, 0.1) is 15.9 Å². The molecule has 13 heavy (non-hydrogen) atoms. The van der Waals surface area contributed by atoms with Crippen LogP contribution in [0.15, 0.2) is 15.0 Å². The van der Waals surface area contributed by atoms with Crippen molar-refractivity contribution in [2.45, 2.75) is 0 Å². The van der Waals surface area contributed by atoms with E-state index in [9.17, 15) is 14.5 Å². The van der Waals surface area contributed by atoms with Gasteiger partial charge in [0.2, 0.25) is 0 Å². The first-order chi connectivity index (χ1) is 5.95. The fraction of sp³-hybridized carbons (Fsp3) is 0. The number of nitro groups is 1. The van der Waals surface area contributed by atoms with Crippen LogP contribution in [0.3, 0.4) is 0 Å². The molecule has 1 aromatic rings. The summed E-state index contributed by atoms with van der Waals surface area (Å²) >= 11 is 5.84. The Bertz CT molecular complexity index is 383. The average Bonchev–Trinajstić information content (AvgIpc) is 2.07. The van der Waals surface area contributed by atoms with Crippen LogP contribution in [0.25, 0.3) is 0 Å². The Balaban J connectivity index is 3.50. The summed E-state index contributed by atoms with van der Waals surface area (Å²) in [5.74, 6) is -0.832. The number of nitro benzene ring substituents is 1. The molecule has 0 amide bonds. The number of benzene rings is 1. The lowest BCUT2D eigenvalue weighted by Crippen LogP contribution is -1.99. The Morgan fingerprint density at radius 1 is 1.54 bits per heavy atom. The van der Waals surface area contributed by atoms with Gasteiger partial charge in [-0.3, -0.25) is 10.1 Å². The number of rotatable bonds is 1. The van der Waals surface area contributed by atoms with Gasteiger partial charge in [0.1, 0.15) is 5.69 Å². The molecule has 0 saturated carbocycles. The molecule has 0 aliphatic rings. The smallest absolute Gasteiger partial charge is 0.296 e. The molecule has 0 aliphatic heterocycles. The molecular formula is C6H3Br2FN2O2. The van der Waals surface area contributed by atoms with E-state index in [2.05, 4.69) is 31.9 Å². The van der Waals surface area contributed by atoms with Gasteiger partial charge in [-0.2, -0.15) is 0 Å². The molecule has 4 nitrogen and oxygen atoms in total. The number of nitrogen functional groups attached to an aromatic ring is 1. The molecule has 0 atom stereocenters. The molecule has 7 heteroatoms. The summed E-state index contributed by atoms with van der Waals surface area (Å²) in [5.41, 5.74) is 4.26. The first-order valence-corrected chi connectivity index (χ1v) is 4.61. The van der Waals surface area contributed by atoms with Crippen molar-refractivity contribution in [1.82, 2.24) is 0 Å². The first-order valence-electron chi connectivity index (χ1n) is 3.02. The predicted molar refractivity (Wildman–Crippen MR) is 52.9 cm³/mol. The lowest BCUT2D eigenvalue weighted by molar-refractivity contribution is -0.384. The van der Waals surface area contributed by atoms with Gasteiger partial charge in [-0.1, -0.05) is 0 Å². The minimum absolute atomic E-state index is 0.0793. The van der Waals surface area contributed by atoms with Crippen LogP contribution in [-0.4, -0.2) is 4.92 Å². The second kappa shape index (κ2) is 3.59. The van der Waals surface area contributed by atoms with Gasteiger partial charge in [-0.25, -0.2) is 4.39 Å². The summed E-state index contributed by atoms with van der Waals surface area (Å²) < 4.78 is 13.4. The average molecular weight is 314 g/mol. The molecule has 1 aromatic carbocycles. The van der Waals surface area contributed by atoms with Gasteiger partial charge < -0.3 is 5.73 Å². The summed E-state index contributed by atoms with van der Waals surface area (Å²) in [7, 11) is 0. The minimum Gasteiger partial charge on any atom is -0.391 e. The van der Waals surface area contributed by atoms with Gasteiger partial charge >= 0.3 is 0 Å². The molecule has 0 unspecified atom stereocenters. The lowest BCUT2D eigenvalue weighted by Gasteiger charge is -2.02. The maximum atomic E-state index is 13.1. The van der Waals surface area contributed by atoms with Crippen molar-refractivity contribution in [3.05, 3.63) is 30.9 Å². The van der Waals surface area contributed by atoms with E-state index >= 15 is 0 Å². The molecule has 0 aromatic heterocycles. The molecule has 0 radical (unpaired) electrons. The summed E-state index contributed by atoms with van der Waals surface area (Å²) in [6, 6.07) is 1.14. The van der Waals surface area contributed by atoms with E-state index in [-0.39, 0.29) is 8.95 Å². The zero-order chi connectivity index (χ0) is 10.2. The van der Waals surface area contributed by atoms with Crippen molar-refractivity contribution in [3.63, 3.8) is 0 Å². The van der Waals surface area contributed by atoms with E-state index < -0.39 is 22.1 Å². The van der Waals surface area contributed by atoms with Gasteiger partial charge in [0.25, 0.3) is 5.69 Å². The monoisotopic (exact) mass is 312 g/mol. The molecule has 0 bridgehead atoms. The summed E-state index contributed by atoms with van der Waals surface area (Å²) in [5, 5.41) is 10.4. The highest BCUT2D eigenvalue weighted by molar-refractivity contribution is 9.13. The van der Waals surface area contributed by atoms with Gasteiger partial charge in [-0.15, -0.1) is 0 Å². The standard InChI is InChI=1S/C6H3Br2FN2O2/c7-2-1-3(11(12)13)6(10)5(9)4(2)8/h1H,10H2. The number of hydrogen-bond acceptors (Lipinski definition) is 3. The first kappa shape index (κ1) is 10.4. The van der Waals surface area contributed by atoms with Gasteiger partial charge in [-0.05, 0) is 31.9 Å². The second-order valence-electron chi connectivity index (χ2n) is 2.18. The highest BCUT2D eigenvalue weighted by Crippen LogP contribution is 2.35. The van der Waals surface area contributed by atoms with Crippen LogP contribution >= 0.6 is 31.9 Å². The largest absolute Gasteiger partial charge is 0.391 e. The van der Waals surface area contributed by atoms with Crippen LogP contribution in [0.2, 0.25) is 0 Å². The lowest BCUT2D eigenvalue weighted by atomic mass is 10.2. The number of nitrogens with zero attached hydrogens (tertiary/aromatic N) is 1. The van der Waals surface area contributed by atoms with E-state index in [1.54, 1.807) is 0 Å². The van der Waals surface area contributed by atoms with Gasteiger partial charge in [0.05, 0.1) is 9.40 Å².